The van der Waals surface area contributed by atoms with E-state index < -0.39 is 0 Å². The summed E-state index contributed by atoms with van der Waals surface area (Å²) in [5.41, 5.74) is 2.06. The fourth-order valence-corrected chi connectivity index (χ4v) is 3.16. The molecule has 2 heterocycles. The average Bonchev–Trinajstić information content (AvgIpc) is 2.84. The summed E-state index contributed by atoms with van der Waals surface area (Å²) in [6.45, 7) is 3.28. The topological polar surface area (TPSA) is 47.4 Å². The van der Waals surface area contributed by atoms with Crippen molar-refractivity contribution >= 4 is 16.9 Å². The van der Waals surface area contributed by atoms with Gasteiger partial charge in [-0.25, -0.2) is 4.98 Å². The molecule has 0 aliphatic carbocycles. The second-order valence-corrected chi connectivity index (χ2v) is 6.09. The molecule has 22 heavy (non-hydrogen) atoms. The Hall–Kier alpha value is -1.88. The van der Waals surface area contributed by atoms with E-state index in [1.54, 1.807) is 4.90 Å². The first-order chi connectivity index (χ1) is 10.6. The number of fused-ring (bicyclic) bond motifs is 1. The molecule has 1 aromatic heterocycles. The van der Waals surface area contributed by atoms with Crippen LogP contribution in [0.3, 0.4) is 0 Å². The van der Waals surface area contributed by atoms with Crippen molar-refractivity contribution in [1.29, 1.82) is 0 Å². The molecule has 1 aliphatic rings. The Bertz CT molecular complexity index is 680. The number of amides is 1. The molecule has 0 bridgehead atoms. The third kappa shape index (κ3) is 2.73. The number of benzene rings is 1. The van der Waals surface area contributed by atoms with Crippen molar-refractivity contribution in [2.24, 2.45) is 13.0 Å². The molecule has 3 rings (SSSR count). The van der Waals surface area contributed by atoms with E-state index in [0.29, 0.717) is 6.54 Å². The molecule has 1 aromatic carbocycles. The van der Waals surface area contributed by atoms with E-state index in [2.05, 4.69) is 9.55 Å². The van der Waals surface area contributed by atoms with Crippen molar-refractivity contribution in [2.75, 3.05) is 13.7 Å². The van der Waals surface area contributed by atoms with E-state index in [9.17, 15) is 4.79 Å². The molecule has 0 spiro atoms. The molecule has 5 heteroatoms. The number of carbonyl (C=O) groups is 1. The molecule has 5 nitrogen and oxygen atoms in total. The van der Waals surface area contributed by atoms with Gasteiger partial charge in [-0.15, -0.1) is 0 Å². The van der Waals surface area contributed by atoms with Crippen molar-refractivity contribution in [1.82, 2.24) is 14.5 Å². The number of nitrogens with zero attached hydrogens (tertiary/aromatic N) is 3. The van der Waals surface area contributed by atoms with Gasteiger partial charge in [0, 0.05) is 20.7 Å². The Kier molecular flexibility index (Phi) is 4.16. The normalized spacial score (nSPS) is 22.0. The summed E-state index contributed by atoms with van der Waals surface area (Å²) in [5.74, 6) is 1.02. The molecule has 1 amide bonds. The lowest BCUT2D eigenvalue weighted by Crippen LogP contribution is -2.41. The summed E-state index contributed by atoms with van der Waals surface area (Å²) < 4.78 is 7.67. The lowest BCUT2D eigenvalue weighted by molar-refractivity contribution is -0.143. The average molecular weight is 301 g/mol. The van der Waals surface area contributed by atoms with Gasteiger partial charge in [0.15, 0.2) is 0 Å². The summed E-state index contributed by atoms with van der Waals surface area (Å²) in [6.07, 6.45) is 1.87. The highest BCUT2D eigenvalue weighted by atomic mass is 16.5. The molecular formula is C17H23N3O2. The maximum Gasteiger partial charge on any atom is 0.228 e. The number of aryl methyl sites for hydroxylation is 1. The van der Waals surface area contributed by atoms with E-state index in [-0.39, 0.29) is 17.9 Å². The number of hydrogen-bond donors (Lipinski definition) is 0. The highest BCUT2D eigenvalue weighted by molar-refractivity contribution is 5.79. The zero-order valence-electron chi connectivity index (χ0n) is 13.5. The Morgan fingerprint density at radius 2 is 2.23 bits per heavy atom. The van der Waals surface area contributed by atoms with Gasteiger partial charge in [-0.3, -0.25) is 4.79 Å². The van der Waals surface area contributed by atoms with Crippen LogP contribution in [0.1, 0.15) is 25.6 Å². The van der Waals surface area contributed by atoms with Crippen molar-refractivity contribution < 1.29 is 9.53 Å². The van der Waals surface area contributed by atoms with Crippen LogP contribution in [0, 0.1) is 5.92 Å². The molecule has 118 valence electrons. The molecule has 0 N–H and O–H groups in total. The van der Waals surface area contributed by atoms with Crippen molar-refractivity contribution in [3.63, 3.8) is 0 Å². The zero-order chi connectivity index (χ0) is 15.7. The van der Waals surface area contributed by atoms with Crippen LogP contribution < -0.4 is 0 Å². The minimum absolute atomic E-state index is 0.00384. The summed E-state index contributed by atoms with van der Waals surface area (Å²) >= 11 is 0. The van der Waals surface area contributed by atoms with Gasteiger partial charge in [0.05, 0.1) is 29.6 Å². The van der Waals surface area contributed by atoms with Crippen molar-refractivity contribution in [2.45, 2.75) is 32.4 Å². The van der Waals surface area contributed by atoms with Crippen LogP contribution in [-0.4, -0.2) is 40.1 Å². The van der Waals surface area contributed by atoms with E-state index >= 15 is 0 Å². The highest BCUT2D eigenvalue weighted by Crippen LogP contribution is 2.23. The number of aromatic nitrogens is 2. The molecule has 1 fully saturated rings. The van der Waals surface area contributed by atoms with Gasteiger partial charge < -0.3 is 14.2 Å². The molecule has 2 aromatic rings. The molecule has 0 saturated carbocycles. The van der Waals surface area contributed by atoms with Gasteiger partial charge in [-0.2, -0.15) is 0 Å². The third-order valence-electron chi connectivity index (χ3n) is 4.56. The monoisotopic (exact) mass is 301 g/mol. The lowest BCUT2D eigenvalue weighted by Gasteiger charge is -2.31. The molecule has 0 unspecified atom stereocenters. The van der Waals surface area contributed by atoms with E-state index in [1.807, 2.05) is 45.3 Å². The van der Waals surface area contributed by atoms with Gasteiger partial charge in [-0.1, -0.05) is 12.1 Å². The summed E-state index contributed by atoms with van der Waals surface area (Å²) in [6, 6.07) is 8.03. The first-order valence-electron chi connectivity index (χ1n) is 7.85. The fraction of sp³-hybridized carbons (Fsp3) is 0.529. The largest absolute Gasteiger partial charge is 0.378 e. The van der Waals surface area contributed by atoms with Crippen LogP contribution >= 0.6 is 0 Å². The van der Waals surface area contributed by atoms with Gasteiger partial charge in [0.25, 0.3) is 0 Å². The fourth-order valence-electron chi connectivity index (χ4n) is 3.16. The van der Waals surface area contributed by atoms with Gasteiger partial charge in [-0.05, 0) is 31.9 Å². The Balaban J connectivity index is 1.76. The van der Waals surface area contributed by atoms with Crippen LogP contribution in [0.15, 0.2) is 24.3 Å². The SMILES string of the molecule is C[C@@H]1OCCC[C@@H]1C(=O)N(C)Cc1nc2ccccc2n1C. The molecular weight excluding hydrogens is 278 g/mol. The van der Waals surface area contributed by atoms with Crippen LogP contribution in [-0.2, 0) is 23.1 Å². The van der Waals surface area contributed by atoms with Gasteiger partial charge in [0.2, 0.25) is 5.91 Å². The maximum atomic E-state index is 12.6. The van der Waals surface area contributed by atoms with Crippen molar-refractivity contribution in [3.05, 3.63) is 30.1 Å². The number of para-hydroxylation sites is 2. The highest BCUT2D eigenvalue weighted by Gasteiger charge is 2.31. The molecule has 1 saturated heterocycles. The first kappa shape index (κ1) is 15.0. The van der Waals surface area contributed by atoms with Crippen LogP contribution in [0.2, 0.25) is 0 Å². The quantitative estimate of drug-likeness (QED) is 0.874. The molecule has 2 atom stereocenters. The maximum absolute atomic E-state index is 12.6. The summed E-state index contributed by atoms with van der Waals surface area (Å²) in [4.78, 5) is 19.1. The van der Waals surface area contributed by atoms with Crippen molar-refractivity contribution in [3.8, 4) is 0 Å². The summed E-state index contributed by atoms with van der Waals surface area (Å²) in [7, 11) is 3.85. The zero-order valence-corrected chi connectivity index (χ0v) is 13.5. The predicted molar refractivity (Wildman–Crippen MR) is 85.3 cm³/mol. The number of imidazole rings is 1. The van der Waals surface area contributed by atoms with Crippen LogP contribution in [0.5, 0.6) is 0 Å². The molecule has 1 aliphatic heterocycles. The first-order valence-corrected chi connectivity index (χ1v) is 7.85. The molecule has 0 radical (unpaired) electrons. The number of ether oxygens (including phenoxy) is 1. The number of rotatable bonds is 3. The van der Waals surface area contributed by atoms with Gasteiger partial charge >= 0.3 is 0 Å². The lowest BCUT2D eigenvalue weighted by atomic mass is 9.94. The van der Waals surface area contributed by atoms with E-state index in [1.165, 1.54) is 0 Å². The second kappa shape index (κ2) is 6.08. The smallest absolute Gasteiger partial charge is 0.228 e. The van der Waals surface area contributed by atoms with Crippen LogP contribution in [0.25, 0.3) is 11.0 Å². The minimum Gasteiger partial charge on any atom is -0.378 e. The predicted octanol–water partition coefficient (Wildman–Crippen LogP) is 2.35. The second-order valence-electron chi connectivity index (χ2n) is 6.09. The Labute approximate surface area is 130 Å². The number of hydrogen-bond acceptors (Lipinski definition) is 3. The summed E-state index contributed by atoms with van der Waals surface area (Å²) in [5, 5.41) is 0. The Morgan fingerprint density at radius 1 is 1.45 bits per heavy atom. The third-order valence-corrected chi connectivity index (χ3v) is 4.56. The minimum atomic E-state index is -0.0339. The Morgan fingerprint density at radius 3 is 2.95 bits per heavy atom. The van der Waals surface area contributed by atoms with Gasteiger partial charge in [0.1, 0.15) is 5.82 Å². The van der Waals surface area contributed by atoms with E-state index in [4.69, 9.17) is 4.74 Å². The van der Waals surface area contributed by atoms with E-state index in [0.717, 1.165) is 36.3 Å². The number of carbonyl (C=O) groups excluding carboxylic acids is 1. The standard InChI is InChI=1S/C17H23N3O2/c1-12-13(7-6-10-22-12)17(21)19(2)11-16-18-14-8-4-5-9-15(14)20(16)3/h4-5,8-9,12-13H,6-7,10-11H2,1-3H3/t12-,13-/m0/s1. The van der Waals surface area contributed by atoms with Crippen LogP contribution in [0.4, 0.5) is 0 Å².